The van der Waals surface area contributed by atoms with E-state index in [1.54, 1.807) is 0 Å². The Morgan fingerprint density at radius 1 is 1.20 bits per heavy atom. The first-order valence-corrected chi connectivity index (χ1v) is 7.45. The SMILES string of the molecule is Cc1ccc(OC2CN(C3CCNC(=O)CC3)C2)cc1. The van der Waals surface area contributed by atoms with Gasteiger partial charge in [-0.2, -0.15) is 0 Å². The zero-order valence-corrected chi connectivity index (χ0v) is 12.0. The number of hydrogen-bond acceptors (Lipinski definition) is 3. The predicted molar refractivity (Wildman–Crippen MR) is 77.8 cm³/mol. The molecule has 1 unspecified atom stereocenters. The second-order valence-corrected chi connectivity index (χ2v) is 5.84. The molecular weight excluding hydrogens is 252 g/mol. The summed E-state index contributed by atoms with van der Waals surface area (Å²) < 4.78 is 5.95. The van der Waals surface area contributed by atoms with Crippen molar-refractivity contribution >= 4 is 5.91 Å². The van der Waals surface area contributed by atoms with Crippen LogP contribution in [-0.4, -0.2) is 42.6 Å². The van der Waals surface area contributed by atoms with E-state index in [1.807, 2.05) is 12.1 Å². The lowest BCUT2D eigenvalue weighted by molar-refractivity contribution is -0.120. The summed E-state index contributed by atoms with van der Waals surface area (Å²) in [6.07, 6.45) is 2.99. The summed E-state index contributed by atoms with van der Waals surface area (Å²) in [5.74, 6) is 1.15. The van der Waals surface area contributed by atoms with Gasteiger partial charge in [0.25, 0.3) is 0 Å². The van der Waals surface area contributed by atoms with E-state index in [4.69, 9.17) is 4.74 Å². The van der Waals surface area contributed by atoms with Gasteiger partial charge in [-0.3, -0.25) is 9.69 Å². The fourth-order valence-corrected chi connectivity index (χ4v) is 2.93. The van der Waals surface area contributed by atoms with Crippen molar-refractivity contribution in [3.63, 3.8) is 0 Å². The fraction of sp³-hybridized carbons (Fsp3) is 0.562. The number of amides is 1. The zero-order valence-electron chi connectivity index (χ0n) is 12.0. The van der Waals surface area contributed by atoms with Crippen LogP contribution in [0.15, 0.2) is 24.3 Å². The van der Waals surface area contributed by atoms with Crippen LogP contribution in [0.2, 0.25) is 0 Å². The van der Waals surface area contributed by atoms with Crippen LogP contribution in [0.25, 0.3) is 0 Å². The number of rotatable bonds is 3. The molecule has 0 saturated carbocycles. The van der Waals surface area contributed by atoms with E-state index in [1.165, 1.54) is 5.56 Å². The summed E-state index contributed by atoms with van der Waals surface area (Å²) in [6, 6.07) is 8.76. The van der Waals surface area contributed by atoms with Gasteiger partial charge in [0.2, 0.25) is 5.91 Å². The van der Waals surface area contributed by atoms with Crippen molar-refractivity contribution in [2.24, 2.45) is 0 Å². The zero-order chi connectivity index (χ0) is 13.9. The molecule has 20 heavy (non-hydrogen) atoms. The molecule has 2 heterocycles. The molecule has 0 spiro atoms. The molecule has 1 amide bonds. The lowest BCUT2D eigenvalue weighted by Gasteiger charge is -2.43. The first kappa shape index (κ1) is 13.4. The van der Waals surface area contributed by atoms with Gasteiger partial charge in [0.1, 0.15) is 11.9 Å². The van der Waals surface area contributed by atoms with Crippen molar-refractivity contribution < 1.29 is 9.53 Å². The van der Waals surface area contributed by atoms with Gasteiger partial charge >= 0.3 is 0 Å². The van der Waals surface area contributed by atoms with E-state index in [-0.39, 0.29) is 5.91 Å². The van der Waals surface area contributed by atoms with Crippen LogP contribution in [0.1, 0.15) is 24.8 Å². The van der Waals surface area contributed by atoms with Crippen LogP contribution in [0.4, 0.5) is 0 Å². The molecular formula is C16H22N2O2. The Bertz CT molecular complexity index is 466. The van der Waals surface area contributed by atoms with Gasteiger partial charge in [-0.1, -0.05) is 17.7 Å². The van der Waals surface area contributed by atoms with Gasteiger partial charge in [-0.15, -0.1) is 0 Å². The van der Waals surface area contributed by atoms with Crippen LogP contribution in [-0.2, 0) is 4.79 Å². The van der Waals surface area contributed by atoms with Crippen LogP contribution in [0.5, 0.6) is 5.75 Å². The van der Waals surface area contributed by atoms with E-state index in [9.17, 15) is 4.79 Å². The minimum absolute atomic E-state index is 0.195. The summed E-state index contributed by atoms with van der Waals surface area (Å²) in [5, 5.41) is 2.94. The lowest BCUT2D eigenvalue weighted by Crippen LogP contribution is -2.57. The number of benzene rings is 1. The first-order chi connectivity index (χ1) is 9.70. The van der Waals surface area contributed by atoms with Crippen molar-refractivity contribution in [3.05, 3.63) is 29.8 Å². The molecule has 0 aliphatic carbocycles. The third-order valence-corrected chi connectivity index (χ3v) is 4.22. The molecule has 0 radical (unpaired) electrons. The molecule has 3 rings (SSSR count). The number of nitrogens with one attached hydrogen (secondary N) is 1. The molecule has 1 aromatic carbocycles. The molecule has 2 aliphatic heterocycles. The maximum atomic E-state index is 11.3. The molecule has 1 aromatic rings. The molecule has 1 atom stereocenters. The minimum Gasteiger partial charge on any atom is -0.488 e. The summed E-state index contributed by atoms with van der Waals surface area (Å²) in [7, 11) is 0. The fourth-order valence-electron chi connectivity index (χ4n) is 2.93. The van der Waals surface area contributed by atoms with Gasteiger partial charge < -0.3 is 10.1 Å². The monoisotopic (exact) mass is 274 g/mol. The smallest absolute Gasteiger partial charge is 0.220 e. The highest BCUT2D eigenvalue weighted by Gasteiger charge is 2.34. The summed E-state index contributed by atoms with van der Waals surface area (Å²) in [4.78, 5) is 13.8. The number of ether oxygens (including phenoxy) is 1. The summed E-state index contributed by atoms with van der Waals surface area (Å²) >= 11 is 0. The molecule has 4 nitrogen and oxygen atoms in total. The number of nitrogens with zero attached hydrogens (tertiary/aromatic N) is 1. The normalized spacial score (nSPS) is 24.6. The Kier molecular flexibility index (Phi) is 3.92. The van der Waals surface area contributed by atoms with Crippen LogP contribution in [0.3, 0.4) is 0 Å². The van der Waals surface area contributed by atoms with E-state index in [0.29, 0.717) is 18.6 Å². The number of likely N-dealkylation sites (tertiary alicyclic amines) is 1. The highest BCUT2D eigenvalue weighted by Crippen LogP contribution is 2.24. The van der Waals surface area contributed by atoms with E-state index in [0.717, 1.165) is 38.2 Å². The lowest BCUT2D eigenvalue weighted by atomic mass is 10.0. The first-order valence-electron chi connectivity index (χ1n) is 7.45. The largest absolute Gasteiger partial charge is 0.488 e. The van der Waals surface area contributed by atoms with E-state index in [2.05, 4.69) is 29.3 Å². The number of carbonyl (C=O) groups is 1. The third kappa shape index (κ3) is 3.12. The van der Waals surface area contributed by atoms with Crippen molar-refractivity contribution in [2.75, 3.05) is 19.6 Å². The number of hydrogen-bond donors (Lipinski definition) is 1. The molecule has 0 aromatic heterocycles. The predicted octanol–water partition coefficient (Wildman–Crippen LogP) is 1.73. The molecule has 1 N–H and O–H groups in total. The molecule has 108 valence electrons. The Hall–Kier alpha value is -1.55. The maximum absolute atomic E-state index is 11.3. The summed E-state index contributed by atoms with van der Waals surface area (Å²) in [6.45, 7) is 4.85. The Balaban J connectivity index is 1.46. The van der Waals surface area contributed by atoms with Gasteiger partial charge in [0.15, 0.2) is 0 Å². The molecule has 2 fully saturated rings. The second kappa shape index (κ2) is 5.83. The van der Waals surface area contributed by atoms with Crippen LogP contribution >= 0.6 is 0 Å². The van der Waals surface area contributed by atoms with Crippen molar-refractivity contribution in [2.45, 2.75) is 38.3 Å². The van der Waals surface area contributed by atoms with Gasteiger partial charge in [0, 0.05) is 32.1 Å². The Morgan fingerprint density at radius 3 is 2.70 bits per heavy atom. The van der Waals surface area contributed by atoms with Crippen molar-refractivity contribution in [1.82, 2.24) is 10.2 Å². The standard InChI is InChI=1S/C16H22N2O2/c1-12-2-5-14(6-3-12)20-15-10-18(11-15)13-4-7-16(19)17-9-8-13/h2-3,5-6,13,15H,4,7-11H2,1H3,(H,17,19). The maximum Gasteiger partial charge on any atom is 0.220 e. The third-order valence-electron chi connectivity index (χ3n) is 4.22. The quantitative estimate of drug-likeness (QED) is 0.912. The van der Waals surface area contributed by atoms with Crippen molar-refractivity contribution in [3.8, 4) is 5.75 Å². The Labute approximate surface area is 120 Å². The van der Waals surface area contributed by atoms with E-state index < -0.39 is 0 Å². The van der Waals surface area contributed by atoms with Crippen molar-refractivity contribution in [1.29, 1.82) is 0 Å². The molecule has 0 bridgehead atoms. The summed E-state index contributed by atoms with van der Waals surface area (Å²) in [5.41, 5.74) is 1.25. The minimum atomic E-state index is 0.195. The average Bonchev–Trinajstić information content (AvgIpc) is 2.60. The second-order valence-electron chi connectivity index (χ2n) is 5.84. The molecule has 2 aliphatic rings. The molecule has 4 heteroatoms. The Morgan fingerprint density at radius 2 is 1.95 bits per heavy atom. The topological polar surface area (TPSA) is 41.6 Å². The number of carbonyl (C=O) groups excluding carboxylic acids is 1. The highest BCUT2D eigenvalue weighted by atomic mass is 16.5. The van der Waals surface area contributed by atoms with Crippen LogP contribution < -0.4 is 10.1 Å². The molecule has 2 saturated heterocycles. The van der Waals surface area contributed by atoms with Crippen LogP contribution in [0, 0.1) is 6.92 Å². The van der Waals surface area contributed by atoms with Gasteiger partial charge in [-0.05, 0) is 31.9 Å². The van der Waals surface area contributed by atoms with Gasteiger partial charge in [0.05, 0.1) is 0 Å². The van der Waals surface area contributed by atoms with E-state index >= 15 is 0 Å². The van der Waals surface area contributed by atoms with Gasteiger partial charge in [-0.25, -0.2) is 0 Å². The highest BCUT2D eigenvalue weighted by molar-refractivity contribution is 5.76. The average molecular weight is 274 g/mol. The number of aryl methyl sites for hydroxylation is 1.